The van der Waals surface area contributed by atoms with E-state index in [1.54, 1.807) is 6.07 Å². The van der Waals surface area contributed by atoms with Crippen LogP contribution in [0.2, 0.25) is 5.02 Å². The molecule has 1 atom stereocenters. The van der Waals surface area contributed by atoms with Crippen molar-refractivity contribution in [2.24, 2.45) is 0 Å². The lowest BCUT2D eigenvalue weighted by Gasteiger charge is -2.23. The molecule has 3 nitrogen and oxygen atoms in total. The Bertz CT molecular complexity index is 663. The number of hydrogen-bond acceptors (Lipinski definition) is 3. The zero-order valence-corrected chi connectivity index (χ0v) is 14.6. The monoisotopic (exact) mass is 353 g/mol. The number of aliphatic hydroxyl groups is 1. The molecular formula is C18H21Cl2NO2. The third kappa shape index (κ3) is 4.31. The van der Waals surface area contributed by atoms with Crippen molar-refractivity contribution >= 4 is 29.7 Å². The van der Waals surface area contributed by atoms with Gasteiger partial charge in [0.15, 0.2) is 0 Å². The first kappa shape index (κ1) is 17.9. The van der Waals surface area contributed by atoms with Gasteiger partial charge in [0.2, 0.25) is 0 Å². The molecule has 0 saturated carbocycles. The molecule has 1 aliphatic heterocycles. The fourth-order valence-electron chi connectivity index (χ4n) is 2.86. The summed E-state index contributed by atoms with van der Waals surface area (Å²) < 4.78 is 5.72. The Morgan fingerprint density at radius 2 is 2.04 bits per heavy atom. The van der Waals surface area contributed by atoms with E-state index in [4.69, 9.17) is 16.3 Å². The molecule has 124 valence electrons. The molecule has 1 aliphatic rings. The van der Waals surface area contributed by atoms with Gasteiger partial charge in [-0.15, -0.1) is 12.4 Å². The minimum Gasteiger partial charge on any atom is -0.491 e. The van der Waals surface area contributed by atoms with E-state index in [-0.39, 0.29) is 19.0 Å². The number of β-amino-alcohol motifs (C(OH)–C–C–N with tert-alkyl or cyclic N) is 1. The number of aryl methyl sites for hydroxylation is 1. The van der Waals surface area contributed by atoms with Gasteiger partial charge in [-0.05, 0) is 48.7 Å². The summed E-state index contributed by atoms with van der Waals surface area (Å²) >= 11 is 5.93. The average molecular weight is 354 g/mol. The van der Waals surface area contributed by atoms with Crippen LogP contribution in [-0.4, -0.2) is 30.9 Å². The first-order valence-electron chi connectivity index (χ1n) is 7.53. The van der Waals surface area contributed by atoms with Gasteiger partial charge in [0.1, 0.15) is 18.5 Å². The number of anilines is 1. The quantitative estimate of drug-likeness (QED) is 0.885. The van der Waals surface area contributed by atoms with Gasteiger partial charge in [0, 0.05) is 23.8 Å². The standard InChI is InChI=1S/C18H20ClNO2.ClH/c1-13-10-15(19)6-7-18(13)22-12-16(21)11-20-9-8-14-4-2-3-5-17(14)20;/h2-7,10,16,21H,8-9,11-12H2,1H3;1H. The highest BCUT2D eigenvalue weighted by atomic mass is 35.5. The zero-order chi connectivity index (χ0) is 15.5. The van der Waals surface area contributed by atoms with Crippen LogP contribution in [0, 0.1) is 6.92 Å². The second-order valence-electron chi connectivity index (χ2n) is 5.70. The van der Waals surface area contributed by atoms with E-state index < -0.39 is 6.10 Å². The molecule has 0 aliphatic carbocycles. The third-order valence-corrected chi connectivity index (χ3v) is 4.22. The molecule has 0 radical (unpaired) electrons. The molecule has 1 heterocycles. The molecule has 0 saturated heterocycles. The smallest absolute Gasteiger partial charge is 0.122 e. The van der Waals surface area contributed by atoms with Crippen LogP contribution in [0.1, 0.15) is 11.1 Å². The summed E-state index contributed by atoms with van der Waals surface area (Å²) in [5.41, 5.74) is 3.56. The van der Waals surface area contributed by atoms with Gasteiger partial charge >= 0.3 is 0 Å². The Balaban J connectivity index is 0.00000192. The van der Waals surface area contributed by atoms with Gasteiger partial charge in [-0.1, -0.05) is 29.8 Å². The number of para-hydroxylation sites is 1. The maximum atomic E-state index is 10.2. The van der Waals surface area contributed by atoms with Crippen LogP contribution >= 0.6 is 24.0 Å². The molecule has 5 heteroatoms. The van der Waals surface area contributed by atoms with Crippen molar-refractivity contribution in [2.75, 3.05) is 24.6 Å². The van der Waals surface area contributed by atoms with E-state index in [0.717, 1.165) is 24.3 Å². The Labute approximate surface area is 148 Å². The van der Waals surface area contributed by atoms with Gasteiger partial charge < -0.3 is 14.7 Å². The minimum absolute atomic E-state index is 0. The number of nitrogens with zero attached hydrogens (tertiary/aromatic N) is 1. The molecule has 2 aromatic carbocycles. The third-order valence-electron chi connectivity index (χ3n) is 3.98. The minimum atomic E-state index is -0.527. The van der Waals surface area contributed by atoms with E-state index >= 15 is 0 Å². The molecule has 1 N–H and O–H groups in total. The van der Waals surface area contributed by atoms with Gasteiger partial charge in [0.05, 0.1) is 0 Å². The second-order valence-corrected chi connectivity index (χ2v) is 6.14. The Morgan fingerprint density at radius 1 is 1.26 bits per heavy atom. The normalized spacial score (nSPS) is 14.1. The van der Waals surface area contributed by atoms with Crippen LogP contribution in [0.5, 0.6) is 5.75 Å². The summed E-state index contributed by atoms with van der Waals surface area (Å²) in [5, 5.41) is 10.9. The van der Waals surface area contributed by atoms with Crippen molar-refractivity contribution in [3.8, 4) is 5.75 Å². The summed E-state index contributed by atoms with van der Waals surface area (Å²) in [6.45, 7) is 3.77. The van der Waals surface area contributed by atoms with Crippen LogP contribution in [0.4, 0.5) is 5.69 Å². The average Bonchev–Trinajstić information content (AvgIpc) is 2.90. The number of aliphatic hydroxyl groups excluding tert-OH is 1. The topological polar surface area (TPSA) is 32.7 Å². The number of hydrogen-bond donors (Lipinski definition) is 1. The van der Waals surface area contributed by atoms with E-state index in [0.29, 0.717) is 11.6 Å². The van der Waals surface area contributed by atoms with Crippen molar-refractivity contribution in [1.82, 2.24) is 0 Å². The molecule has 0 bridgehead atoms. The SMILES string of the molecule is Cc1cc(Cl)ccc1OCC(O)CN1CCc2ccccc21.Cl. The Hall–Kier alpha value is -1.42. The summed E-state index contributed by atoms with van der Waals surface area (Å²) in [5.74, 6) is 0.769. The van der Waals surface area contributed by atoms with Crippen LogP contribution in [-0.2, 0) is 6.42 Å². The molecule has 0 spiro atoms. The second kappa shape index (κ2) is 7.91. The van der Waals surface area contributed by atoms with Crippen molar-refractivity contribution in [3.63, 3.8) is 0 Å². The molecule has 1 unspecified atom stereocenters. The largest absolute Gasteiger partial charge is 0.491 e. The lowest BCUT2D eigenvalue weighted by Crippen LogP contribution is -2.34. The summed E-state index contributed by atoms with van der Waals surface area (Å²) in [7, 11) is 0. The maximum absolute atomic E-state index is 10.2. The van der Waals surface area contributed by atoms with Crippen LogP contribution in [0.25, 0.3) is 0 Å². The van der Waals surface area contributed by atoms with Gasteiger partial charge in [-0.2, -0.15) is 0 Å². The fraction of sp³-hybridized carbons (Fsp3) is 0.333. The molecule has 2 aromatic rings. The number of fused-ring (bicyclic) bond motifs is 1. The summed E-state index contributed by atoms with van der Waals surface area (Å²) in [6, 6.07) is 13.9. The van der Waals surface area contributed by atoms with Crippen LogP contribution in [0.3, 0.4) is 0 Å². The van der Waals surface area contributed by atoms with Crippen molar-refractivity contribution in [3.05, 3.63) is 58.6 Å². The number of halogens is 2. The Kier molecular flexibility index (Phi) is 6.17. The molecule has 0 fully saturated rings. The zero-order valence-electron chi connectivity index (χ0n) is 13.0. The fourth-order valence-corrected chi connectivity index (χ4v) is 3.09. The first-order chi connectivity index (χ1) is 10.6. The number of ether oxygens (including phenoxy) is 1. The highest BCUT2D eigenvalue weighted by Crippen LogP contribution is 2.27. The lowest BCUT2D eigenvalue weighted by molar-refractivity contribution is 0.112. The van der Waals surface area contributed by atoms with Gasteiger partial charge in [-0.3, -0.25) is 0 Å². The summed E-state index contributed by atoms with van der Waals surface area (Å²) in [4.78, 5) is 2.22. The molecule has 0 aromatic heterocycles. The predicted molar refractivity (Wildman–Crippen MR) is 97.3 cm³/mol. The van der Waals surface area contributed by atoms with Crippen LogP contribution < -0.4 is 9.64 Å². The molecule has 3 rings (SSSR count). The first-order valence-corrected chi connectivity index (χ1v) is 7.91. The lowest BCUT2D eigenvalue weighted by atomic mass is 10.2. The highest BCUT2D eigenvalue weighted by Gasteiger charge is 2.21. The predicted octanol–water partition coefficient (Wildman–Crippen LogP) is 3.87. The maximum Gasteiger partial charge on any atom is 0.122 e. The van der Waals surface area contributed by atoms with Gasteiger partial charge in [0.25, 0.3) is 0 Å². The molecule has 23 heavy (non-hydrogen) atoms. The van der Waals surface area contributed by atoms with Crippen molar-refractivity contribution < 1.29 is 9.84 Å². The van der Waals surface area contributed by atoms with E-state index in [1.807, 2.05) is 25.1 Å². The number of rotatable bonds is 5. The molecule has 0 amide bonds. The van der Waals surface area contributed by atoms with E-state index in [2.05, 4.69) is 23.1 Å². The van der Waals surface area contributed by atoms with Crippen LogP contribution in [0.15, 0.2) is 42.5 Å². The summed E-state index contributed by atoms with van der Waals surface area (Å²) in [6.07, 6.45) is 0.515. The highest BCUT2D eigenvalue weighted by molar-refractivity contribution is 6.30. The van der Waals surface area contributed by atoms with E-state index in [1.165, 1.54) is 11.3 Å². The van der Waals surface area contributed by atoms with E-state index in [9.17, 15) is 5.11 Å². The van der Waals surface area contributed by atoms with Gasteiger partial charge in [-0.25, -0.2) is 0 Å². The number of benzene rings is 2. The van der Waals surface area contributed by atoms with Crippen molar-refractivity contribution in [2.45, 2.75) is 19.4 Å². The Morgan fingerprint density at radius 3 is 2.83 bits per heavy atom. The van der Waals surface area contributed by atoms with Crippen molar-refractivity contribution in [1.29, 1.82) is 0 Å². The molecular weight excluding hydrogens is 333 g/mol.